The van der Waals surface area contributed by atoms with Gasteiger partial charge >= 0.3 is 0 Å². The summed E-state index contributed by atoms with van der Waals surface area (Å²) in [6.45, 7) is 0. The molecule has 8 aromatic rings. The van der Waals surface area contributed by atoms with Gasteiger partial charge in [-0.05, 0) is 112 Å². The topological polar surface area (TPSA) is 15.7 Å². The van der Waals surface area contributed by atoms with E-state index in [2.05, 4.69) is 198 Å². The number of nitrogens with zero attached hydrogens (tertiary/aromatic N) is 2. The number of rotatable bonds is 7. The first kappa shape index (κ1) is 31.2. The predicted octanol–water partition coefficient (Wildman–Crippen LogP) is 13.6. The third-order valence-corrected chi connectivity index (χ3v) is 9.93. The van der Waals surface area contributed by atoms with E-state index in [1.54, 1.807) is 7.11 Å². The Bertz CT molecular complexity index is 2470. The zero-order chi connectivity index (χ0) is 34.9. The highest BCUT2D eigenvalue weighted by Gasteiger charge is 2.26. The molecule has 0 saturated heterocycles. The summed E-state index contributed by atoms with van der Waals surface area (Å²) in [5, 5.41) is 0. The lowest BCUT2D eigenvalue weighted by atomic mass is 9.92. The number of benzene rings is 8. The van der Waals surface area contributed by atoms with Crippen LogP contribution in [0.3, 0.4) is 0 Å². The van der Waals surface area contributed by atoms with Crippen molar-refractivity contribution in [3.05, 3.63) is 200 Å². The Labute approximate surface area is 305 Å². The highest BCUT2D eigenvalue weighted by atomic mass is 16.5. The largest absolute Gasteiger partial charge is 0.497 e. The molecule has 0 spiro atoms. The predicted molar refractivity (Wildman–Crippen MR) is 218 cm³/mol. The van der Waals surface area contributed by atoms with Crippen LogP contribution in [0.25, 0.3) is 44.5 Å². The second-order valence-corrected chi connectivity index (χ2v) is 13.0. The number of hydrogen-bond acceptors (Lipinski definition) is 3. The monoisotopic (exact) mass is 668 g/mol. The van der Waals surface area contributed by atoms with Gasteiger partial charge in [0, 0.05) is 33.9 Å². The van der Waals surface area contributed by atoms with Crippen LogP contribution in [0.4, 0.5) is 34.1 Å². The molecule has 1 aliphatic heterocycles. The number of methoxy groups -OCH3 is 1. The molecule has 0 fully saturated rings. The molecular formula is C49H36N2O. The normalized spacial score (nSPS) is 11.5. The third-order valence-electron chi connectivity index (χ3n) is 9.93. The third kappa shape index (κ3) is 5.69. The van der Waals surface area contributed by atoms with Gasteiger partial charge in [-0.15, -0.1) is 0 Å². The lowest BCUT2D eigenvalue weighted by molar-refractivity contribution is 0.415. The van der Waals surface area contributed by atoms with E-state index in [1.807, 2.05) is 12.1 Å². The molecule has 0 amide bonds. The van der Waals surface area contributed by atoms with Gasteiger partial charge in [-0.3, -0.25) is 0 Å². The average Bonchev–Trinajstić information content (AvgIpc) is 3.35. The van der Waals surface area contributed by atoms with Crippen LogP contribution in [0.1, 0.15) is 0 Å². The Balaban J connectivity index is 1.13. The molecule has 0 atom stereocenters. The summed E-state index contributed by atoms with van der Waals surface area (Å²) < 4.78 is 5.49. The quantitative estimate of drug-likeness (QED) is 0.168. The number of para-hydroxylation sites is 2. The minimum atomic E-state index is 0.831. The van der Waals surface area contributed by atoms with Crippen molar-refractivity contribution in [3.8, 4) is 50.3 Å². The molecule has 0 saturated carbocycles. The highest BCUT2D eigenvalue weighted by Crippen LogP contribution is 2.51. The molecular weight excluding hydrogens is 633 g/mol. The Morgan fingerprint density at radius 2 is 0.808 bits per heavy atom. The van der Waals surface area contributed by atoms with Gasteiger partial charge in [-0.2, -0.15) is 0 Å². The molecule has 9 rings (SSSR count). The molecule has 0 unspecified atom stereocenters. The Hall–Kier alpha value is -6.84. The molecule has 52 heavy (non-hydrogen) atoms. The van der Waals surface area contributed by atoms with E-state index in [-0.39, 0.29) is 0 Å². The van der Waals surface area contributed by atoms with Crippen molar-refractivity contribution in [3.63, 3.8) is 0 Å². The highest BCUT2D eigenvalue weighted by molar-refractivity contribution is 6.03. The molecule has 0 aliphatic carbocycles. The van der Waals surface area contributed by atoms with Crippen LogP contribution >= 0.6 is 0 Å². The van der Waals surface area contributed by atoms with Gasteiger partial charge in [-0.1, -0.05) is 121 Å². The van der Waals surface area contributed by atoms with Crippen LogP contribution in [0.2, 0.25) is 0 Å². The molecule has 3 nitrogen and oxygen atoms in total. The summed E-state index contributed by atoms with van der Waals surface area (Å²) in [6, 6.07) is 71.5. The fourth-order valence-electron chi connectivity index (χ4n) is 7.38. The molecule has 1 heterocycles. The van der Waals surface area contributed by atoms with Crippen molar-refractivity contribution in [2.75, 3.05) is 16.9 Å². The van der Waals surface area contributed by atoms with Crippen LogP contribution in [0, 0.1) is 0 Å². The van der Waals surface area contributed by atoms with E-state index < -0.39 is 0 Å². The molecule has 3 heteroatoms. The average molecular weight is 669 g/mol. The van der Waals surface area contributed by atoms with E-state index in [0.717, 1.165) is 39.7 Å². The van der Waals surface area contributed by atoms with Crippen molar-refractivity contribution in [1.29, 1.82) is 0 Å². The number of fused-ring (bicyclic) bond motifs is 5. The first-order valence-corrected chi connectivity index (χ1v) is 17.6. The maximum atomic E-state index is 5.49. The van der Waals surface area contributed by atoms with Gasteiger partial charge in [0.2, 0.25) is 0 Å². The van der Waals surface area contributed by atoms with E-state index in [1.165, 1.54) is 44.6 Å². The van der Waals surface area contributed by atoms with Crippen molar-refractivity contribution < 1.29 is 4.74 Å². The van der Waals surface area contributed by atoms with Gasteiger partial charge in [0.1, 0.15) is 5.75 Å². The van der Waals surface area contributed by atoms with E-state index >= 15 is 0 Å². The summed E-state index contributed by atoms with van der Waals surface area (Å²) in [5.41, 5.74) is 16.3. The Morgan fingerprint density at radius 1 is 0.365 bits per heavy atom. The maximum Gasteiger partial charge on any atom is 0.119 e. The molecule has 0 N–H and O–H groups in total. The lowest BCUT2D eigenvalue weighted by Crippen LogP contribution is -2.10. The van der Waals surface area contributed by atoms with Gasteiger partial charge in [0.25, 0.3) is 0 Å². The van der Waals surface area contributed by atoms with Crippen LogP contribution in [0.5, 0.6) is 5.75 Å². The second kappa shape index (κ2) is 13.5. The fraction of sp³-hybridized carbons (Fsp3) is 0.0204. The fourth-order valence-corrected chi connectivity index (χ4v) is 7.38. The zero-order valence-electron chi connectivity index (χ0n) is 28.9. The van der Waals surface area contributed by atoms with E-state index in [0.29, 0.717) is 0 Å². The minimum absolute atomic E-state index is 0.831. The number of ether oxygens (including phenoxy) is 1. The van der Waals surface area contributed by atoms with E-state index in [4.69, 9.17) is 4.74 Å². The van der Waals surface area contributed by atoms with Crippen molar-refractivity contribution in [2.45, 2.75) is 0 Å². The van der Waals surface area contributed by atoms with Crippen molar-refractivity contribution >= 4 is 34.1 Å². The Morgan fingerprint density at radius 3 is 1.42 bits per heavy atom. The molecule has 8 aromatic carbocycles. The minimum Gasteiger partial charge on any atom is -0.497 e. The van der Waals surface area contributed by atoms with Gasteiger partial charge < -0.3 is 14.5 Å². The summed E-state index contributed by atoms with van der Waals surface area (Å²) in [4.78, 5) is 4.69. The van der Waals surface area contributed by atoms with Gasteiger partial charge in [0.15, 0.2) is 0 Å². The first-order valence-electron chi connectivity index (χ1n) is 17.6. The summed E-state index contributed by atoms with van der Waals surface area (Å²) in [6.07, 6.45) is 0. The van der Waals surface area contributed by atoms with Crippen molar-refractivity contribution in [2.24, 2.45) is 0 Å². The molecule has 0 aromatic heterocycles. The zero-order valence-corrected chi connectivity index (χ0v) is 28.9. The molecule has 1 aliphatic rings. The first-order chi connectivity index (χ1) is 25.7. The smallest absolute Gasteiger partial charge is 0.119 e. The van der Waals surface area contributed by atoms with Crippen LogP contribution in [-0.4, -0.2) is 7.11 Å². The van der Waals surface area contributed by atoms with Crippen molar-refractivity contribution in [1.82, 2.24) is 0 Å². The molecule has 0 radical (unpaired) electrons. The van der Waals surface area contributed by atoms with Gasteiger partial charge in [0.05, 0.1) is 18.5 Å². The summed E-state index contributed by atoms with van der Waals surface area (Å²) >= 11 is 0. The van der Waals surface area contributed by atoms with E-state index in [9.17, 15) is 0 Å². The Kier molecular flexibility index (Phi) is 8.07. The van der Waals surface area contributed by atoms with Crippen LogP contribution in [0.15, 0.2) is 200 Å². The SMILES string of the molecule is COc1ccc(N(c2ccc(-c3ccccc3)cc2)c2ccc(-c3ccc4c(c3)-c3ccccc3-c3ccccc3N4c3ccccc3)cc2)cc1. The second-order valence-electron chi connectivity index (χ2n) is 13.0. The van der Waals surface area contributed by atoms with Crippen LogP contribution < -0.4 is 14.5 Å². The van der Waals surface area contributed by atoms with Crippen LogP contribution in [-0.2, 0) is 0 Å². The maximum absolute atomic E-state index is 5.49. The number of anilines is 6. The van der Waals surface area contributed by atoms with Gasteiger partial charge in [-0.25, -0.2) is 0 Å². The molecule has 0 bridgehead atoms. The number of hydrogen-bond donors (Lipinski definition) is 0. The molecule has 248 valence electrons. The standard InChI is InChI=1S/C49H36N2O/c1-52-43-31-29-42(30-32-43)50(40-25-20-36(21-26-40)35-12-4-2-5-13-35)41-27-22-37(23-28-41)38-24-33-49-47(34-38)45-17-9-8-16-44(45)46-18-10-11-19-48(46)51(49)39-14-6-3-7-15-39/h2-34H,1H3. The lowest BCUT2D eigenvalue weighted by Gasteiger charge is -2.27. The summed E-state index contributed by atoms with van der Waals surface area (Å²) in [5.74, 6) is 0.831. The summed E-state index contributed by atoms with van der Waals surface area (Å²) in [7, 11) is 1.70.